The predicted octanol–water partition coefficient (Wildman–Crippen LogP) is 0.686. The van der Waals surface area contributed by atoms with Gasteiger partial charge in [-0.3, -0.25) is 18.7 Å². The summed E-state index contributed by atoms with van der Waals surface area (Å²) in [5.41, 5.74) is -1.15. The van der Waals surface area contributed by atoms with Gasteiger partial charge >= 0.3 is 5.69 Å². The van der Waals surface area contributed by atoms with Gasteiger partial charge in [0.05, 0.1) is 0 Å². The summed E-state index contributed by atoms with van der Waals surface area (Å²) in [6.07, 6.45) is 2.72. The molecule has 0 unspecified atom stereocenters. The quantitative estimate of drug-likeness (QED) is 0.664. The monoisotopic (exact) mass is 286 g/mol. The first-order valence-electron chi connectivity index (χ1n) is 6.20. The molecule has 1 aromatic carbocycles. The molecule has 1 heterocycles. The lowest BCUT2D eigenvalue weighted by molar-refractivity contribution is 0.104. The van der Waals surface area contributed by atoms with Crippen molar-refractivity contribution in [1.29, 1.82) is 0 Å². The molecule has 0 bridgehead atoms. The van der Waals surface area contributed by atoms with Crippen LogP contribution in [0, 0.1) is 0 Å². The molecular formula is C15H14N2O4. The Morgan fingerprint density at radius 2 is 1.71 bits per heavy atom. The normalized spacial score (nSPS) is 11.0. The van der Waals surface area contributed by atoms with Crippen molar-refractivity contribution in [2.24, 2.45) is 14.1 Å². The molecule has 6 nitrogen and oxygen atoms in total. The number of aromatic hydroxyl groups is 1. The lowest BCUT2D eigenvalue weighted by Gasteiger charge is -2.07. The van der Waals surface area contributed by atoms with E-state index in [2.05, 4.69) is 0 Å². The Hall–Kier alpha value is -2.89. The number of carbonyl (C=O) groups excluding carboxylic acids is 1. The summed E-state index contributed by atoms with van der Waals surface area (Å²) in [7, 11) is 2.54. The van der Waals surface area contributed by atoms with Crippen LogP contribution in [0.15, 0.2) is 46.0 Å². The molecule has 0 atom stereocenters. The molecule has 0 aliphatic carbocycles. The van der Waals surface area contributed by atoms with Crippen LogP contribution in [-0.4, -0.2) is 20.0 Å². The van der Waals surface area contributed by atoms with Gasteiger partial charge in [0.2, 0.25) is 5.88 Å². The van der Waals surface area contributed by atoms with E-state index in [1.165, 1.54) is 26.2 Å². The van der Waals surface area contributed by atoms with E-state index < -0.39 is 28.5 Å². The fraction of sp³-hybridized carbons (Fsp3) is 0.133. The third-order valence-electron chi connectivity index (χ3n) is 3.11. The van der Waals surface area contributed by atoms with Crippen LogP contribution < -0.4 is 11.2 Å². The van der Waals surface area contributed by atoms with Crippen molar-refractivity contribution in [2.75, 3.05) is 0 Å². The molecule has 0 aliphatic rings. The molecule has 2 aromatic rings. The van der Waals surface area contributed by atoms with Crippen molar-refractivity contribution in [3.8, 4) is 5.88 Å². The number of carbonyl (C=O) groups is 1. The first kappa shape index (κ1) is 14.5. The number of ketones is 1. The molecule has 0 spiro atoms. The second-order valence-electron chi connectivity index (χ2n) is 4.51. The van der Waals surface area contributed by atoms with Gasteiger partial charge in [0.1, 0.15) is 5.56 Å². The summed E-state index contributed by atoms with van der Waals surface area (Å²) in [6, 6.07) is 9.05. The van der Waals surface area contributed by atoms with Crippen LogP contribution in [0.5, 0.6) is 5.88 Å². The lowest BCUT2D eigenvalue weighted by Crippen LogP contribution is -2.39. The highest BCUT2D eigenvalue weighted by molar-refractivity contribution is 6.08. The molecule has 108 valence electrons. The topological polar surface area (TPSA) is 81.3 Å². The summed E-state index contributed by atoms with van der Waals surface area (Å²) in [5, 5.41) is 9.85. The maximum Gasteiger partial charge on any atom is 0.333 e. The van der Waals surface area contributed by atoms with Gasteiger partial charge in [-0.2, -0.15) is 0 Å². The highest BCUT2D eigenvalue weighted by Gasteiger charge is 2.19. The van der Waals surface area contributed by atoms with E-state index in [0.717, 1.165) is 14.7 Å². The summed E-state index contributed by atoms with van der Waals surface area (Å²) >= 11 is 0. The maximum atomic E-state index is 12.1. The Balaban J connectivity index is 2.48. The van der Waals surface area contributed by atoms with Gasteiger partial charge < -0.3 is 5.11 Å². The number of allylic oxidation sites excluding steroid dienone is 1. The zero-order chi connectivity index (χ0) is 15.6. The van der Waals surface area contributed by atoms with E-state index >= 15 is 0 Å². The van der Waals surface area contributed by atoms with Gasteiger partial charge in [-0.15, -0.1) is 0 Å². The van der Waals surface area contributed by atoms with Gasteiger partial charge in [0.15, 0.2) is 5.78 Å². The zero-order valence-corrected chi connectivity index (χ0v) is 11.6. The average molecular weight is 286 g/mol. The van der Waals surface area contributed by atoms with Crippen molar-refractivity contribution >= 4 is 11.9 Å². The van der Waals surface area contributed by atoms with Crippen molar-refractivity contribution in [3.05, 3.63) is 68.4 Å². The Morgan fingerprint density at radius 3 is 2.33 bits per heavy atom. The fourth-order valence-corrected chi connectivity index (χ4v) is 1.87. The first-order valence-corrected chi connectivity index (χ1v) is 6.20. The van der Waals surface area contributed by atoms with E-state index in [0.29, 0.717) is 0 Å². The third-order valence-corrected chi connectivity index (χ3v) is 3.11. The standard InChI is InChI=1S/C15H14N2O4/c1-16-13(19)12(14(20)17(2)15(16)21)11(18)9-8-10-6-4-3-5-7-10/h3-9,19H,1-2H3/b9-8+. The second-order valence-corrected chi connectivity index (χ2v) is 4.51. The van der Waals surface area contributed by atoms with Crippen LogP contribution in [0.4, 0.5) is 0 Å². The number of rotatable bonds is 3. The largest absolute Gasteiger partial charge is 0.494 e. The van der Waals surface area contributed by atoms with Crippen molar-refractivity contribution in [1.82, 2.24) is 9.13 Å². The molecule has 0 saturated heterocycles. The van der Waals surface area contributed by atoms with E-state index in [1.807, 2.05) is 18.2 Å². The second kappa shape index (κ2) is 5.62. The maximum absolute atomic E-state index is 12.1. The number of nitrogens with zero attached hydrogens (tertiary/aromatic N) is 2. The Bertz CT molecular complexity index is 829. The van der Waals surface area contributed by atoms with E-state index in [9.17, 15) is 19.5 Å². The van der Waals surface area contributed by atoms with Gasteiger partial charge in [0, 0.05) is 14.1 Å². The Morgan fingerprint density at radius 1 is 1.10 bits per heavy atom. The van der Waals surface area contributed by atoms with Crippen molar-refractivity contribution < 1.29 is 9.90 Å². The SMILES string of the molecule is Cn1c(O)c(C(=O)/C=C/c2ccccc2)c(=O)n(C)c1=O. The van der Waals surface area contributed by atoms with E-state index in [4.69, 9.17) is 0 Å². The highest BCUT2D eigenvalue weighted by atomic mass is 16.3. The molecule has 0 radical (unpaired) electrons. The van der Waals surface area contributed by atoms with Crippen LogP contribution in [0.3, 0.4) is 0 Å². The minimum absolute atomic E-state index is 0.424. The molecule has 1 N–H and O–H groups in total. The number of benzene rings is 1. The van der Waals surface area contributed by atoms with Crippen molar-refractivity contribution in [3.63, 3.8) is 0 Å². The molecule has 0 amide bonds. The van der Waals surface area contributed by atoms with Crippen LogP contribution in [-0.2, 0) is 14.1 Å². The van der Waals surface area contributed by atoms with Gasteiger partial charge in [-0.05, 0) is 11.6 Å². The fourth-order valence-electron chi connectivity index (χ4n) is 1.87. The minimum atomic E-state index is -0.821. The number of hydrogen-bond donors (Lipinski definition) is 1. The Kier molecular flexibility index (Phi) is 3.89. The van der Waals surface area contributed by atoms with Gasteiger partial charge in [-0.25, -0.2) is 4.79 Å². The first-order chi connectivity index (χ1) is 9.93. The molecule has 0 saturated carbocycles. The molecule has 1 aromatic heterocycles. The molecule has 21 heavy (non-hydrogen) atoms. The summed E-state index contributed by atoms with van der Waals surface area (Å²) in [5.74, 6) is -1.29. The molecule has 0 aliphatic heterocycles. The third kappa shape index (κ3) is 2.69. The molecule has 0 fully saturated rings. The summed E-state index contributed by atoms with van der Waals surface area (Å²) in [4.78, 5) is 35.7. The number of aromatic nitrogens is 2. The highest BCUT2D eigenvalue weighted by Crippen LogP contribution is 2.11. The summed E-state index contributed by atoms with van der Waals surface area (Å²) in [6.45, 7) is 0. The van der Waals surface area contributed by atoms with Crippen LogP contribution in [0.1, 0.15) is 15.9 Å². The van der Waals surface area contributed by atoms with Crippen LogP contribution in [0.2, 0.25) is 0 Å². The minimum Gasteiger partial charge on any atom is -0.494 e. The van der Waals surface area contributed by atoms with Gasteiger partial charge in [0.25, 0.3) is 5.56 Å². The van der Waals surface area contributed by atoms with E-state index in [1.54, 1.807) is 12.1 Å². The van der Waals surface area contributed by atoms with Gasteiger partial charge in [-0.1, -0.05) is 36.4 Å². The number of hydrogen-bond acceptors (Lipinski definition) is 4. The van der Waals surface area contributed by atoms with Crippen LogP contribution >= 0.6 is 0 Å². The van der Waals surface area contributed by atoms with Crippen molar-refractivity contribution in [2.45, 2.75) is 0 Å². The van der Waals surface area contributed by atoms with E-state index in [-0.39, 0.29) is 0 Å². The molecule has 6 heteroatoms. The lowest BCUT2D eigenvalue weighted by atomic mass is 10.1. The summed E-state index contributed by atoms with van der Waals surface area (Å²) < 4.78 is 1.63. The molecule has 2 rings (SSSR count). The smallest absolute Gasteiger partial charge is 0.333 e. The average Bonchev–Trinajstić information content (AvgIpc) is 2.50. The predicted molar refractivity (Wildman–Crippen MR) is 78.4 cm³/mol. The Labute approximate surface area is 120 Å². The van der Waals surface area contributed by atoms with Crippen LogP contribution in [0.25, 0.3) is 6.08 Å². The zero-order valence-electron chi connectivity index (χ0n) is 11.6. The molecular weight excluding hydrogens is 272 g/mol.